The fourth-order valence-electron chi connectivity index (χ4n) is 5.69. The van der Waals surface area contributed by atoms with E-state index in [0.29, 0.717) is 18.4 Å². The highest BCUT2D eigenvalue weighted by Crippen LogP contribution is 2.48. The molecule has 0 spiro atoms. The van der Waals surface area contributed by atoms with Crippen LogP contribution in [-0.2, 0) is 30.0 Å². The van der Waals surface area contributed by atoms with E-state index >= 15 is 4.39 Å². The van der Waals surface area contributed by atoms with Gasteiger partial charge in [-0.1, -0.05) is 29.8 Å². The SMILES string of the molecule is CC(C)(C)OC(=O)COc1c(C(=O)OC(C)(C)C)sc(-c2cccc(N=CC3CCN(S(=O)(=O)Cc4ccc(F)c(N)c4)C(C)(C)C3)c2F)c1Cl. The number of sulfonamides is 1. The maximum atomic E-state index is 16.1. The van der Waals surface area contributed by atoms with Crippen LogP contribution in [0.5, 0.6) is 5.75 Å². The number of nitrogens with two attached hydrogens (primary N) is 1. The number of ether oxygens (including phenoxy) is 3. The largest absolute Gasteiger partial charge is 0.479 e. The summed E-state index contributed by atoms with van der Waals surface area (Å²) in [7, 11) is -3.78. The molecule has 1 aromatic heterocycles. The van der Waals surface area contributed by atoms with Crippen molar-refractivity contribution in [1.82, 2.24) is 4.31 Å². The molecule has 3 aromatic rings. The van der Waals surface area contributed by atoms with Gasteiger partial charge in [0, 0.05) is 23.9 Å². The van der Waals surface area contributed by atoms with Crippen molar-refractivity contribution in [3.05, 3.63) is 63.5 Å². The minimum atomic E-state index is -3.78. The van der Waals surface area contributed by atoms with Gasteiger partial charge < -0.3 is 19.9 Å². The molecule has 0 bridgehead atoms. The quantitative estimate of drug-likeness (QED) is 0.124. The first-order chi connectivity index (χ1) is 23.5. The first kappa shape index (κ1) is 40.2. The molecule has 1 fully saturated rings. The zero-order valence-electron chi connectivity index (χ0n) is 29.9. The predicted octanol–water partition coefficient (Wildman–Crippen LogP) is 8.33. The average molecular weight is 768 g/mol. The lowest BCUT2D eigenvalue weighted by molar-refractivity contribution is -0.157. The molecule has 15 heteroatoms. The van der Waals surface area contributed by atoms with Crippen LogP contribution < -0.4 is 10.5 Å². The van der Waals surface area contributed by atoms with Crippen LogP contribution in [0.15, 0.2) is 41.4 Å². The Kier molecular flexibility index (Phi) is 12.0. The van der Waals surface area contributed by atoms with Crippen LogP contribution in [0, 0.1) is 17.6 Å². The average Bonchev–Trinajstić information content (AvgIpc) is 3.30. The summed E-state index contributed by atoms with van der Waals surface area (Å²) in [6.07, 6.45) is 2.47. The van der Waals surface area contributed by atoms with Crippen molar-refractivity contribution in [3.8, 4) is 16.2 Å². The Morgan fingerprint density at radius 1 is 1.10 bits per heavy atom. The lowest BCUT2D eigenvalue weighted by atomic mass is 9.85. The van der Waals surface area contributed by atoms with Crippen LogP contribution in [0.3, 0.4) is 0 Å². The van der Waals surface area contributed by atoms with E-state index < -0.39 is 56.9 Å². The summed E-state index contributed by atoms with van der Waals surface area (Å²) < 4.78 is 74.5. The van der Waals surface area contributed by atoms with Crippen molar-refractivity contribution in [2.45, 2.75) is 90.7 Å². The summed E-state index contributed by atoms with van der Waals surface area (Å²) in [4.78, 5) is 30.2. The van der Waals surface area contributed by atoms with Gasteiger partial charge in [0.05, 0.1) is 22.0 Å². The number of esters is 2. The fraction of sp³-hybridized carbons (Fsp3) is 0.472. The van der Waals surface area contributed by atoms with Gasteiger partial charge in [-0.05, 0) is 97.9 Å². The van der Waals surface area contributed by atoms with Crippen molar-refractivity contribution in [1.29, 1.82) is 0 Å². The minimum absolute atomic E-state index is 0.00811. The molecule has 2 heterocycles. The highest BCUT2D eigenvalue weighted by molar-refractivity contribution is 7.88. The van der Waals surface area contributed by atoms with Gasteiger partial charge in [0.1, 0.15) is 22.0 Å². The Bertz CT molecular complexity index is 1930. The molecule has 1 saturated heterocycles. The van der Waals surface area contributed by atoms with Crippen LogP contribution in [0.4, 0.5) is 20.2 Å². The lowest BCUT2D eigenvalue weighted by Crippen LogP contribution is -2.53. The predicted molar refractivity (Wildman–Crippen MR) is 196 cm³/mol. The number of rotatable bonds is 10. The van der Waals surface area contributed by atoms with E-state index in [1.807, 2.05) is 13.8 Å². The second kappa shape index (κ2) is 15.2. The number of carbonyl (C=O) groups excluding carboxylic acids is 2. The molecule has 0 saturated carbocycles. The van der Waals surface area contributed by atoms with Crippen molar-refractivity contribution in [2.75, 3.05) is 18.9 Å². The van der Waals surface area contributed by atoms with Gasteiger partial charge in [0.25, 0.3) is 0 Å². The third-order valence-electron chi connectivity index (χ3n) is 7.68. The van der Waals surface area contributed by atoms with E-state index in [1.165, 1.54) is 28.6 Å². The lowest BCUT2D eigenvalue weighted by Gasteiger charge is -2.43. The number of halogens is 3. The molecule has 0 radical (unpaired) electrons. The Hall–Kier alpha value is -3.59. The summed E-state index contributed by atoms with van der Waals surface area (Å²) in [5.74, 6) is -3.39. The van der Waals surface area contributed by atoms with Gasteiger partial charge in [0.15, 0.2) is 23.1 Å². The second-order valence-electron chi connectivity index (χ2n) is 14.9. The topological polar surface area (TPSA) is 138 Å². The Balaban J connectivity index is 1.57. The van der Waals surface area contributed by atoms with E-state index in [1.54, 1.807) is 53.8 Å². The standard InChI is InChI=1S/C36H44ClF2N3O7S2/c1-34(2,3)48-27(43)19-47-30-28(37)31(50-32(30)33(44)49-35(4,5)6)23-10-9-11-26(29(23)39)41-18-22-14-15-42(36(7,8)17-22)51(45,46)20-21-12-13-24(38)25(40)16-21/h9-13,16,18,22H,14-15,17,19-20,40H2,1-8H3. The second-order valence-corrected chi connectivity index (χ2v) is 18.2. The maximum Gasteiger partial charge on any atom is 0.352 e. The normalized spacial score (nSPS) is 17.0. The van der Waals surface area contributed by atoms with E-state index in [0.717, 1.165) is 17.4 Å². The molecule has 0 amide bonds. The zero-order chi connectivity index (χ0) is 38.1. The van der Waals surface area contributed by atoms with Gasteiger partial charge in [-0.25, -0.2) is 26.8 Å². The van der Waals surface area contributed by atoms with Crippen molar-refractivity contribution < 1.29 is 41.0 Å². The van der Waals surface area contributed by atoms with E-state index in [4.69, 9.17) is 31.5 Å². The molecule has 10 nitrogen and oxygen atoms in total. The first-order valence-corrected chi connectivity index (χ1v) is 19.1. The number of anilines is 1. The number of nitrogen functional groups attached to an aromatic ring is 1. The highest BCUT2D eigenvalue weighted by atomic mass is 35.5. The van der Waals surface area contributed by atoms with Gasteiger partial charge in [-0.2, -0.15) is 4.31 Å². The molecule has 1 aliphatic rings. The van der Waals surface area contributed by atoms with Gasteiger partial charge in [-0.15, -0.1) is 11.3 Å². The molecular formula is C36H44ClF2N3O7S2. The Morgan fingerprint density at radius 3 is 2.37 bits per heavy atom. The third-order valence-corrected chi connectivity index (χ3v) is 11.4. The molecule has 1 aliphatic heterocycles. The molecule has 2 aromatic carbocycles. The van der Waals surface area contributed by atoms with Crippen LogP contribution in [-0.4, -0.2) is 60.8 Å². The van der Waals surface area contributed by atoms with Gasteiger partial charge in [-0.3, -0.25) is 4.99 Å². The number of carbonyl (C=O) groups is 2. The molecule has 278 valence electrons. The molecule has 0 aliphatic carbocycles. The van der Waals surface area contributed by atoms with E-state index in [9.17, 15) is 22.4 Å². The van der Waals surface area contributed by atoms with Crippen LogP contribution >= 0.6 is 22.9 Å². The number of piperidine rings is 1. The summed E-state index contributed by atoms with van der Waals surface area (Å²) in [6.45, 7) is 13.5. The molecule has 1 atom stereocenters. The first-order valence-electron chi connectivity index (χ1n) is 16.3. The smallest absolute Gasteiger partial charge is 0.352 e. The van der Waals surface area contributed by atoms with Crippen LogP contribution in [0.25, 0.3) is 10.4 Å². The number of hydrogen-bond donors (Lipinski definition) is 1. The van der Waals surface area contributed by atoms with E-state index in [2.05, 4.69) is 4.99 Å². The minimum Gasteiger partial charge on any atom is -0.479 e. The number of thiophene rings is 1. The fourth-order valence-corrected chi connectivity index (χ4v) is 9.11. The van der Waals surface area contributed by atoms with Gasteiger partial charge in [0.2, 0.25) is 10.0 Å². The van der Waals surface area contributed by atoms with Gasteiger partial charge >= 0.3 is 11.9 Å². The maximum absolute atomic E-state index is 16.1. The molecule has 2 N–H and O–H groups in total. The summed E-state index contributed by atoms with van der Waals surface area (Å²) in [5, 5.41) is -0.0805. The molecule has 1 unspecified atom stereocenters. The number of benzene rings is 2. The van der Waals surface area contributed by atoms with Crippen LogP contribution in [0.1, 0.15) is 83.5 Å². The van der Waals surface area contributed by atoms with Crippen molar-refractivity contribution in [3.63, 3.8) is 0 Å². The number of nitrogens with zero attached hydrogens (tertiary/aromatic N) is 2. The molecular weight excluding hydrogens is 724 g/mol. The summed E-state index contributed by atoms with van der Waals surface area (Å²) >= 11 is 7.57. The summed E-state index contributed by atoms with van der Waals surface area (Å²) in [5.41, 5.74) is 3.54. The molecule has 51 heavy (non-hydrogen) atoms. The highest BCUT2D eigenvalue weighted by Gasteiger charge is 2.41. The van der Waals surface area contributed by atoms with Crippen LogP contribution in [0.2, 0.25) is 5.02 Å². The number of aliphatic imine (C=N–C) groups is 1. The zero-order valence-corrected chi connectivity index (χ0v) is 32.3. The number of hydrogen-bond acceptors (Lipinski definition) is 10. The van der Waals surface area contributed by atoms with Crippen molar-refractivity contribution in [2.24, 2.45) is 10.9 Å². The summed E-state index contributed by atoms with van der Waals surface area (Å²) in [6, 6.07) is 8.44. The monoisotopic (exact) mass is 767 g/mol. The third kappa shape index (κ3) is 10.3. The Labute approximate surface area is 307 Å². The Morgan fingerprint density at radius 2 is 1.76 bits per heavy atom. The van der Waals surface area contributed by atoms with Crippen molar-refractivity contribution >= 4 is 62.5 Å². The molecule has 4 rings (SSSR count). The van der Waals surface area contributed by atoms with E-state index in [-0.39, 0.29) is 55.7 Å².